The Morgan fingerprint density at radius 1 is 0.800 bits per heavy atom. The Balaban J connectivity index is 1.68. The fourth-order valence-electron chi connectivity index (χ4n) is 3.51. The van der Waals surface area contributed by atoms with Gasteiger partial charge in [-0.05, 0) is 42.3 Å². The van der Waals surface area contributed by atoms with Gasteiger partial charge in [-0.15, -0.1) is 0 Å². The van der Waals surface area contributed by atoms with Crippen LogP contribution in [0, 0.1) is 0 Å². The SMILES string of the molecule is COc1ccc(COC2[C@@H](C)OC(CO)[C@@H](O)[C@H]2OCc2ccc(OC)cc2)cc1. The third kappa shape index (κ3) is 5.50. The summed E-state index contributed by atoms with van der Waals surface area (Å²) in [5.74, 6) is 1.54. The molecule has 0 aromatic heterocycles. The van der Waals surface area contributed by atoms with Crippen LogP contribution in [0.2, 0.25) is 0 Å². The van der Waals surface area contributed by atoms with Crippen molar-refractivity contribution in [2.45, 2.75) is 50.7 Å². The first-order chi connectivity index (χ1) is 14.5. The van der Waals surface area contributed by atoms with Gasteiger partial charge in [-0.25, -0.2) is 0 Å². The van der Waals surface area contributed by atoms with Crippen LogP contribution < -0.4 is 9.47 Å². The van der Waals surface area contributed by atoms with Gasteiger partial charge in [0, 0.05) is 0 Å². The van der Waals surface area contributed by atoms with E-state index in [9.17, 15) is 10.2 Å². The average molecular weight is 418 g/mol. The van der Waals surface area contributed by atoms with Crippen molar-refractivity contribution in [1.82, 2.24) is 0 Å². The van der Waals surface area contributed by atoms with Crippen molar-refractivity contribution in [3.05, 3.63) is 59.7 Å². The van der Waals surface area contributed by atoms with Crippen molar-refractivity contribution in [1.29, 1.82) is 0 Å². The molecule has 1 aliphatic rings. The zero-order chi connectivity index (χ0) is 21.5. The molecule has 0 saturated carbocycles. The van der Waals surface area contributed by atoms with Crippen molar-refractivity contribution in [2.24, 2.45) is 0 Å². The van der Waals surface area contributed by atoms with Crippen molar-refractivity contribution in [2.75, 3.05) is 20.8 Å². The quantitative estimate of drug-likeness (QED) is 0.646. The maximum atomic E-state index is 10.7. The van der Waals surface area contributed by atoms with Crippen molar-refractivity contribution in [3.63, 3.8) is 0 Å². The van der Waals surface area contributed by atoms with Crippen LogP contribution in [0.3, 0.4) is 0 Å². The highest BCUT2D eigenvalue weighted by atomic mass is 16.6. The third-order valence-corrected chi connectivity index (χ3v) is 5.28. The lowest BCUT2D eigenvalue weighted by atomic mass is 9.95. The fourth-order valence-corrected chi connectivity index (χ4v) is 3.51. The standard InChI is InChI=1S/C23H30O7/c1-15-22(28-13-16-4-8-18(26-2)9-5-16)23(21(25)20(12-24)30-15)29-14-17-6-10-19(27-3)11-7-17/h4-11,15,20-25H,12-14H2,1-3H3/t15-,20?,21-,22?,23-/m1/s1. The second-order valence-electron chi connectivity index (χ2n) is 7.30. The van der Waals surface area contributed by atoms with E-state index in [1.807, 2.05) is 55.5 Å². The van der Waals surface area contributed by atoms with Crippen molar-refractivity contribution < 1.29 is 33.9 Å². The van der Waals surface area contributed by atoms with Crippen LogP contribution in [0.5, 0.6) is 11.5 Å². The van der Waals surface area contributed by atoms with Gasteiger partial charge in [0.1, 0.15) is 35.9 Å². The Kier molecular flexibility index (Phi) is 8.07. The minimum atomic E-state index is -1.01. The van der Waals surface area contributed by atoms with Gasteiger partial charge < -0.3 is 33.9 Å². The summed E-state index contributed by atoms with van der Waals surface area (Å²) in [7, 11) is 3.24. The van der Waals surface area contributed by atoms with Crippen LogP contribution in [0.25, 0.3) is 0 Å². The molecule has 1 fully saturated rings. The number of benzene rings is 2. The molecule has 7 nitrogen and oxygen atoms in total. The predicted octanol–water partition coefficient (Wildman–Crippen LogP) is 2.31. The highest BCUT2D eigenvalue weighted by Crippen LogP contribution is 2.28. The second kappa shape index (κ2) is 10.7. The van der Waals surface area contributed by atoms with E-state index >= 15 is 0 Å². The first kappa shape index (κ1) is 22.5. The van der Waals surface area contributed by atoms with Gasteiger partial charge in [-0.2, -0.15) is 0 Å². The number of aliphatic hydroxyl groups excluding tert-OH is 2. The summed E-state index contributed by atoms with van der Waals surface area (Å²) < 4.78 is 28.3. The minimum Gasteiger partial charge on any atom is -0.497 e. The Labute approximate surface area is 177 Å². The molecule has 0 aliphatic carbocycles. The molecule has 0 amide bonds. The van der Waals surface area contributed by atoms with Crippen LogP contribution in [0.4, 0.5) is 0 Å². The smallest absolute Gasteiger partial charge is 0.118 e. The molecule has 1 aliphatic heterocycles. The number of hydrogen-bond acceptors (Lipinski definition) is 7. The van der Waals surface area contributed by atoms with Gasteiger partial charge in [0.15, 0.2) is 0 Å². The van der Waals surface area contributed by atoms with Gasteiger partial charge in [-0.1, -0.05) is 24.3 Å². The molecule has 2 N–H and O–H groups in total. The summed E-state index contributed by atoms with van der Waals surface area (Å²) in [6.45, 7) is 2.19. The molecule has 1 saturated heterocycles. The second-order valence-corrected chi connectivity index (χ2v) is 7.30. The lowest BCUT2D eigenvalue weighted by molar-refractivity contribution is -0.253. The molecular weight excluding hydrogens is 388 g/mol. The summed E-state index contributed by atoms with van der Waals surface area (Å²) >= 11 is 0. The third-order valence-electron chi connectivity index (χ3n) is 5.28. The lowest BCUT2D eigenvalue weighted by Gasteiger charge is -2.43. The summed E-state index contributed by atoms with van der Waals surface area (Å²) in [5, 5.41) is 20.3. The van der Waals surface area contributed by atoms with E-state index in [4.69, 9.17) is 23.7 Å². The Bertz CT molecular complexity index is 762. The van der Waals surface area contributed by atoms with E-state index in [1.165, 1.54) is 0 Å². The van der Waals surface area contributed by atoms with Crippen molar-refractivity contribution >= 4 is 0 Å². The average Bonchev–Trinajstić information content (AvgIpc) is 2.79. The molecule has 164 valence electrons. The number of aliphatic hydroxyl groups is 2. The van der Waals surface area contributed by atoms with Crippen molar-refractivity contribution in [3.8, 4) is 11.5 Å². The molecule has 30 heavy (non-hydrogen) atoms. The zero-order valence-electron chi connectivity index (χ0n) is 17.6. The first-order valence-electron chi connectivity index (χ1n) is 9.99. The number of rotatable bonds is 9. The number of methoxy groups -OCH3 is 2. The first-order valence-corrected chi connectivity index (χ1v) is 9.99. The maximum Gasteiger partial charge on any atom is 0.118 e. The normalized spacial score (nSPS) is 26.4. The van der Waals surface area contributed by atoms with Gasteiger partial charge in [0.2, 0.25) is 0 Å². The van der Waals surface area contributed by atoms with Crippen LogP contribution in [0.15, 0.2) is 48.5 Å². The summed E-state index contributed by atoms with van der Waals surface area (Å²) in [4.78, 5) is 0. The van der Waals surface area contributed by atoms with E-state index in [-0.39, 0.29) is 12.7 Å². The van der Waals surface area contributed by atoms with E-state index < -0.39 is 24.4 Å². The van der Waals surface area contributed by atoms with Crippen LogP contribution >= 0.6 is 0 Å². The van der Waals surface area contributed by atoms with Crippen LogP contribution in [-0.4, -0.2) is 61.6 Å². The lowest BCUT2D eigenvalue weighted by Crippen LogP contribution is -2.59. The van der Waals surface area contributed by atoms with E-state index in [1.54, 1.807) is 14.2 Å². The Hall–Kier alpha value is -2.16. The summed E-state index contributed by atoms with van der Waals surface area (Å²) in [6.07, 6.45) is -3.23. The largest absolute Gasteiger partial charge is 0.497 e. The Morgan fingerprint density at radius 2 is 1.27 bits per heavy atom. The van der Waals surface area contributed by atoms with Gasteiger partial charge >= 0.3 is 0 Å². The Morgan fingerprint density at radius 3 is 1.70 bits per heavy atom. The molecule has 3 rings (SSSR count). The molecule has 0 bridgehead atoms. The van der Waals surface area contributed by atoms with Gasteiger partial charge in [0.05, 0.1) is 40.1 Å². The van der Waals surface area contributed by atoms with Crippen LogP contribution in [0.1, 0.15) is 18.1 Å². The highest BCUT2D eigenvalue weighted by molar-refractivity contribution is 5.27. The van der Waals surface area contributed by atoms with Gasteiger partial charge in [0.25, 0.3) is 0 Å². The predicted molar refractivity (Wildman–Crippen MR) is 111 cm³/mol. The minimum absolute atomic E-state index is 0.291. The molecule has 0 radical (unpaired) electrons. The van der Waals surface area contributed by atoms with E-state index in [0.29, 0.717) is 13.2 Å². The van der Waals surface area contributed by atoms with E-state index in [2.05, 4.69) is 0 Å². The van der Waals surface area contributed by atoms with Crippen LogP contribution in [-0.2, 0) is 27.4 Å². The maximum absolute atomic E-state index is 10.7. The monoisotopic (exact) mass is 418 g/mol. The molecular formula is C23H30O7. The molecule has 7 heteroatoms. The van der Waals surface area contributed by atoms with E-state index in [0.717, 1.165) is 22.6 Å². The summed E-state index contributed by atoms with van der Waals surface area (Å²) in [5.41, 5.74) is 1.91. The topological polar surface area (TPSA) is 86.6 Å². The van der Waals surface area contributed by atoms with Gasteiger partial charge in [-0.3, -0.25) is 0 Å². The fraction of sp³-hybridized carbons (Fsp3) is 0.478. The zero-order valence-corrected chi connectivity index (χ0v) is 17.6. The molecule has 2 unspecified atom stereocenters. The molecule has 0 spiro atoms. The molecule has 2 aromatic rings. The number of hydrogen-bond donors (Lipinski definition) is 2. The molecule has 1 heterocycles. The molecule has 2 aromatic carbocycles. The number of ether oxygens (including phenoxy) is 5. The summed E-state index contributed by atoms with van der Waals surface area (Å²) in [6, 6.07) is 15.1. The molecule has 5 atom stereocenters. The highest BCUT2D eigenvalue weighted by Gasteiger charge is 2.44.